The van der Waals surface area contributed by atoms with Crippen molar-refractivity contribution in [1.29, 1.82) is 0 Å². The van der Waals surface area contributed by atoms with E-state index in [9.17, 15) is 9.46 Å². The maximum atomic E-state index is 11.9. The summed E-state index contributed by atoms with van der Waals surface area (Å²) in [5, 5.41) is -0.612. The van der Waals surface area contributed by atoms with E-state index in [0.717, 1.165) is 25.7 Å². The zero-order chi connectivity index (χ0) is 24.1. The van der Waals surface area contributed by atoms with Gasteiger partial charge in [-0.25, -0.2) is 0 Å². The molecule has 2 atom stereocenters. The van der Waals surface area contributed by atoms with Crippen LogP contribution in [0.5, 0.6) is 0 Å². The third-order valence-electron chi connectivity index (χ3n) is 7.24. The lowest BCUT2D eigenvalue weighted by Gasteiger charge is -2.39. The predicted molar refractivity (Wildman–Crippen MR) is 141 cm³/mol. The third-order valence-corrected chi connectivity index (χ3v) is 9.06. The molecule has 2 unspecified atom stereocenters. The highest BCUT2D eigenvalue weighted by atomic mass is 31.1. The van der Waals surface area contributed by atoms with Crippen molar-refractivity contribution in [3.8, 4) is 0 Å². The number of quaternary nitrogens is 1. The SMILES string of the molecule is CCCCCCCCCCCCCCC/C=C\CCCCCC(CC)([P+](=O)[O-])[N+](C)(C)C. The number of hydrogen-bond donors (Lipinski definition) is 0. The van der Waals surface area contributed by atoms with Gasteiger partial charge in [-0.3, -0.25) is 4.48 Å². The van der Waals surface area contributed by atoms with Crippen LogP contribution >= 0.6 is 8.03 Å². The van der Waals surface area contributed by atoms with E-state index in [2.05, 4.69) is 19.1 Å². The van der Waals surface area contributed by atoms with E-state index in [0.29, 0.717) is 10.9 Å². The van der Waals surface area contributed by atoms with Gasteiger partial charge >= 0.3 is 8.03 Å². The Hall–Kier alpha value is -0.240. The Morgan fingerprint density at radius 1 is 0.656 bits per heavy atom. The monoisotopic (exact) mass is 470 g/mol. The summed E-state index contributed by atoms with van der Waals surface area (Å²) in [4.78, 5) is 11.9. The van der Waals surface area contributed by atoms with Gasteiger partial charge in [0.2, 0.25) is 0 Å². The lowest BCUT2D eigenvalue weighted by Crippen LogP contribution is -2.55. The van der Waals surface area contributed by atoms with E-state index in [-0.39, 0.29) is 0 Å². The highest BCUT2D eigenvalue weighted by molar-refractivity contribution is 7.38. The maximum absolute atomic E-state index is 11.9. The van der Waals surface area contributed by atoms with E-state index in [1.54, 1.807) is 0 Å². The summed E-state index contributed by atoms with van der Waals surface area (Å²) < 4.78 is 12.4. The summed E-state index contributed by atoms with van der Waals surface area (Å²) in [6.45, 7) is 4.29. The zero-order valence-corrected chi connectivity index (χ0v) is 23.4. The van der Waals surface area contributed by atoms with E-state index in [1.807, 2.05) is 28.1 Å². The van der Waals surface area contributed by atoms with Crippen LogP contribution in [0.25, 0.3) is 0 Å². The van der Waals surface area contributed by atoms with Gasteiger partial charge in [0, 0.05) is 12.8 Å². The quantitative estimate of drug-likeness (QED) is 0.0647. The number of nitrogens with zero attached hydrogens (tertiary/aromatic N) is 1. The molecule has 0 spiro atoms. The molecule has 0 bridgehead atoms. The predicted octanol–water partition coefficient (Wildman–Crippen LogP) is 8.89. The highest BCUT2D eigenvalue weighted by Crippen LogP contribution is 2.44. The van der Waals surface area contributed by atoms with Crippen LogP contribution in [-0.4, -0.2) is 30.9 Å². The molecule has 0 amide bonds. The molecular formula is C28H57NO2P+. The molecule has 0 N–H and O–H groups in total. The van der Waals surface area contributed by atoms with Gasteiger partial charge < -0.3 is 4.89 Å². The summed E-state index contributed by atoms with van der Waals surface area (Å²) in [5.41, 5.74) is 0. The van der Waals surface area contributed by atoms with Gasteiger partial charge in [-0.15, -0.1) is 0 Å². The van der Waals surface area contributed by atoms with Crippen LogP contribution < -0.4 is 4.89 Å². The average Bonchev–Trinajstić information content (AvgIpc) is 2.74. The standard InChI is InChI=1S/C28H57NO2P/c1-6-8-9-10-11-12-13-14-15-16-17-18-19-20-21-22-23-24-25-26-27-28(7-2,32(30)31)29(3,4)5/h21-22H,6-20,23-27H2,1-5H3/q+1/b22-21-. The minimum atomic E-state index is -2.42. The van der Waals surface area contributed by atoms with Gasteiger partial charge in [0.15, 0.2) is 0 Å². The summed E-state index contributed by atoms with van der Waals surface area (Å²) >= 11 is 0. The second kappa shape index (κ2) is 20.2. The average molecular weight is 471 g/mol. The molecule has 0 aliphatic heterocycles. The van der Waals surface area contributed by atoms with Crippen molar-refractivity contribution >= 4 is 8.03 Å². The van der Waals surface area contributed by atoms with E-state index in [1.165, 1.54) is 96.3 Å². The molecule has 0 aromatic heterocycles. The molecule has 0 aromatic carbocycles. The molecule has 0 heterocycles. The van der Waals surface area contributed by atoms with E-state index < -0.39 is 13.3 Å². The molecule has 0 aromatic rings. The first-order valence-electron chi connectivity index (χ1n) is 13.9. The Kier molecular flexibility index (Phi) is 20.0. The second-order valence-corrected chi connectivity index (χ2v) is 12.1. The fourth-order valence-corrected chi connectivity index (χ4v) is 5.90. The lowest BCUT2D eigenvalue weighted by atomic mass is 10.0. The number of allylic oxidation sites excluding steroid dienone is 2. The van der Waals surface area contributed by atoms with Crippen LogP contribution in [-0.2, 0) is 4.57 Å². The molecule has 0 rings (SSSR count). The number of rotatable bonds is 23. The Bertz CT molecular complexity index is 473. The van der Waals surface area contributed by atoms with Crippen molar-refractivity contribution in [2.75, 3.05) is 21.1 Å². The molecule has 3 nitrogen and oxygen atoms in total. The molecule has 190 valence electrons. The van der Waals surface area contributed by atoms with Crippen LogP contribution in [0.3, 0.4) is 0 Å². The smallest absolute Gasteiger partial charge is 0.376 e. The van der Waals surface area contributed by atoms with Crippen LogP contribution in [0.1, 0.15) is 142 Å². The second-order valence-electron chi connectivity index (χ2n) is 10.7. The minimum absolute atomic E-state index is 0.501. The van der Waals surface area contributed by atoms with Gasteiger partial charge in [-0.05, 0) is 32.1 Å². The Labute approximate surface area is 202 Å². The molecular weight excluding hydrogens is 413 g/mol. The summed E-state index contributed by atoms with van der Waals surface area (Å²) in [6.07, 6.45) is 30.2. The van der Waals surface area contributed by atoms with Crippen LogP contribution in [0.2, 0.25) is 0 Å². The molecule has 0 aliphatic carbocycles. The molecule has 0 saturated heterocycles. The summed E-state index contributed by atoms with van der Waals surface area (Å²) in [7, 11) is 3.60. The fourth-order valence-electron chi connectivity index (χ4n) is 4.81. The van der Waals surface area contributed by atoms with Gasteiger partial charge in [0.05, 0.1) is 21.1 Å². The molecule has 0 saturated carbocycles. The van der Waals surface area contributed by atoms with Gasteiger partial charge in [-0.1, -0.05) is 114 Å². The zero-order valence-electron chi connectivity index (χ0n) is 22.5. The summed E-state index contributed by atoms with van der Waals surface area (Å²) in [6, 6.07) is 0. The van der Waals surface area contributed by atoms with Crippen molar-refractivity contribution < 1.29 is 13.9 Å². The largest absolute Gasteiger partial charge is 0.590 e. The lowest BCUT2D eigenvalue weighted by molar-refractivity contribution is -0.910. The van der Waals surface area contributed by atoms with Crippen molar-refractivity contribution in [3.05, 3.63) is 12.2 Å². The first kappa shape index (κ1) is 31.8. The molecule has 0 aliphatic rings. The maximum Gasteiger partial charge on any atom is 0.376 e. The Morgan fingerprint density at radius 2 is 1.03 bits per heavy atom. The summed E-state index contributed by atoms with van der Waals surface area (Å²) in [5.74, 6) is 0. The van der Waals surface area contributed by atoms with Crippen molar-refractivity contribution in [2.45, 2.75) is 148 Å². The van der Waals surface area contributed by atoms with E-state index >= 15 is 0 Å². The fraction of sp³-hybridized carbons (Fsp3) is 0.929. The molecule has 0 radical (unpaired) electrons. The van der Waals surface area contributed by atoms with Crippen LogP contribution in [0.15, 0.2) is 12.2 Å². The van der Waals surface area contributed by atoms with Crippen LogP contribution in [0, 0.1) is 0 Å². The van der Waals surface area contributed by atoms with Crippen molar-refractivity contribution in [2.24, 2.45) is 0 Å². The van der Waals surface area contributed by atoms with Crippen molar-refractivity contribution in [3.63, 3.8) is 0 Å². The van der Waals surface area contributed by atoms with Crippen molar-refractivity contribution in [1.82, 2.24) is 0 Å². The molecule has 32 heavy (non-hydrogen) atoms. The van der Waals surface area contributed by atoms with Gasteiger partial charge in [0.25, 0.3) is 5.28 Å². The Morgan fingerprint density at radius 3 is 1.38 bits per heavy atom. The first-order chi connectivity index (χ1) is 15.3. The Balaban J connectivity index is 3.54. The first-order valence-corrected chi connectivity index (χ1v) is 15.1. The van der Waals surface area contributed by atoms with E-state index in [4.69, 9.17) is 0 Å². The minimum Gasteiger partial charge on any atom is -0.590 e. The molecule has 4 heteroatoms. The topological polar surface area (TPSA) is 40.1 Å². The number of unbranched alkanes of at least 4 members (excludes halogenated alkanes) is 16. The molecule has 0 fully saturated rings. The van der Waals surface area contributed by atoms with Crippen LogP contribution in [0.4, 0.5) is 0 Å². The van der Waals surface area contributed by atoms with Gasteiger partial charge in [0.1, 0.15) is 0 Å². The van der Waals surface area contributed by atoms with Gasteiger partial charge in [-0.2, -0.15) is 0 Å². The normalized spacial score (nSPS) is 14.8. The number of hydrogen-bond acceptors (Lipinski definition) is 2. The highest BCUT2D eigenvalue weighted by Gasteiger charge is 2.52. The third kappa shape index (κ3) is 14.8.